The van der Waals surface area contributed by atoms with Crippen LogP contribution in [0.1, 0.15) is 19.8 Å². The van der Waals surface area contributed by atoms with Crippen molar-refractivity contribution in [3.8, 4) is 0 Å². The lowest BCUT2D eigenvalue weighted by Gasteiger charge is -2.11. The number of nitrogens with zero attached hydrogens (tertiary/aromatic N) is 1. The van der Waals surface area contributed by atoms with Crippen LogP contribution in [0.3, 0.4) is 0 Å². The first-order chi connectivity index (χ1) is 10.3. The quantitative estimate of drug-likeness (QED) is 0.721. The Morgan fingerprint density at radius 3 is 2.86 bits per heavy atom. The van der Waals surface area contributed by atoms with E-state index in [1.54, 1.807) is 6.07 Å². The molecule has 1 aromatic carbocycles. The molecule has 0 saturated carbocycles. The third-order valence-electron chi connectivity index (χ3n) is 3.48. The van der Waals surface area contributed by atoms with Crippen molar-refractivity contribution in [1.82, 2.24) is 9.88 Å². The van der Waals surface area contributed by atoms with Crippen LogP contribution in [0, 0.1) is 0 Å². The number of para-hydroxylation sites is 1. The maximum atomic E-state index is 11.8. The van der Waals surface area contributed by atoms with Crippen molar-refractivity contribution in [2.24, 2.45) is 0 Å². The Kier molecular flexibility index (Phi) is 6.44. The summed E-state index contributed by atoms with van der Waals surface area (Å²) in [6.45, 7) is 6.34. The van der Waals surface area contributed by atoms with Crippen molar-refractivity contribution in [2.45, 2.75) is 26.3 Å². The number of hydrogen-bond acceptors (Lipinski definition) is 3. The van der Waals surface area contributed by atoms with E-state index in [0.717, 1.165) is 50.2 Å². The molecule has 0 aliphatic carbocycles. The third-order valence-corrected chi connectivity index (χ3v) is 3.48. The Labute approximate surface area is 125 Å². The highest BCUT2D eigenvalue weighted by atomic mass is 16.5. The molecule has 4 nitrogen and oxygen atoms in total. The summed E-state index contributed by atoms with van der Waals surface area (Å²) in [4.78, 5) is 11.8. The van der Waals surface area contributed by atoms with E-state index in [4.69, 9.17) is 4.74 Å². The Morgan fingerprint density at radius 1 is 1.14 bits per heavy atom. The number of fused-ring (bicyclic) bond motifs is 1. The zero-order valence-corrected chi connectivity index (χ0v) is 12.7. The van der Waals surface area contributed by atoms with Gasteiger partial charge in [-0.2, -0.15) is 0 Å². The molecule has 0 aliphatic rings. The van der Waals surface area contributed by atoms with Gasteiger partial charge < -0.3 is 14.6 Å². The van der Waals surface area contributed by atoms with E-state index in [1.807, 2.05) is 30.5 Å². The number of unbranched alkanes of at least 4 members (excludes halogenated alkanes) is 1. The van der Waals surface area contributed by atoms with E-state index in [-0.39, 0.29) is 5.43 Å². The minimum Gasteiger partial charge on any atom is -0.380 e. The first kappa shape index (κ1) is 15.7. The van der Waals surface area contributed by atoms with Gasteiger partial charge in [0.05, 0.1) is 12.1 Å². The van der Waals surface area contributed by atoms with Gasteiger partial charge in [0.15, 0.2) is 5.43 Å². The van der Waals surface area contributed by atoms with Gasteiger partial charge in [0, 0.05) is 43.9 Å². The van der Waals surface area contributed by atoms with Crippen LogP contribution in [-0.2, 0) is 11.3 Å². The summed E-state index contributed by atoms with van der Waals surface area (Å²) in [5, 5.41) is 4.15. The molecule has 21 heavy (non-hydrogen) atoms. The lowest BCUT2D eigenvalue weighted by atomic mass is 10.2. The highest BCUT2D eigenvalue weighted by Gasteiger charge is 2.01. The first-order valence-electron chi connectivity index (χ1n) is 7.69. The summed E-state index contributed by atoms with van der Waals surface area (Å²) < 4.78 is 7.61. The minimum atomic E-state index is 0.0825. The Hall–Kier alpha value is -1.65. The molecule has 0 spiro atoms. The number of benzene rings is 1. The minimum absolute atomic E-state index is 0.0825. The molecule has 0 bridgehead atoms. The zero-order valence-electron chi connectivity index (χ0n) is 12.7. The smallest absolute Gasteiger partial charge is 0.189 e. The van der Waals surface area contributed by atoms with Gasteiger partial charge in [-0.1, -0.05) is 25.5 Å². The maximum absolute atomic E-state index is 11.8. The molecular formula is C17H24N2O2. The average Bonchev–Trinajstić information content (AvgIpc) is 2.52. The molecule has 0 aliphatic heterocycles. The van der Waals surface area contributed by atoms with Crippen LogP contribution >= 0.6 is 0 Å². The second-order valence-corrected chi connectivity index (χ2v) is 5.11. The summed E-state index contributed by atoms with van der Waals surface area (Å²) in [6, 6.07) is 9.37. The standard InChI is InChI=1S/C17H24N2O2/c1-2-3-13-21-14-10-18-9-12-19-11-8-17(20)15-6-4-5-7-16(15)19/h4-8,11,18H,2-3,9-10,12-14H2,1H3. The molecule has 0 amide bonds. The normalized spacial score (nSPS) is 11.1. The summed E-state index contributed by atoms with van der Waals surface area (Å²) in [5.74, 6) is 0. The number of hydrogen-bond donors (Lipinski definition) is 1. The van der Waals surface area contributed by atoms with Crippen LogP contribution in [0.5, 0.6) is 0 Å². The molecule has 0 saturated heterocycles. The molecule has 0 atom stereocenters. The van der Waals surface area contributed by atoms with Crippen molar-refractivity contribution >= 4 is 10.9 Å². The van der Waals surface area contributed by atoms with Gasteiger partial charge >= 0.3 is 0 Å². The highest BCUT2D eigenvalue weighted by Crippen LogP contribution is 2.08. The zero-order chi connectivity index (χ0) is 14.9. The topological polar surface area (TPSA) is 43.3 Å². The molecule has 1 heterocycles. The monoisotopic (exact) mass is 288 g/mol. The lowest BCUT2D eigenvalue weighted by molar-refractivity contribution is 0.133. The van der Waals surface area contributed by atoms with Crippen LogP contribution in [0.15, 0.2) is 41.3 Å². The van der Waals surface area contributed by atoms with E-state index in [2.05, 4.69) is 16.8 Å². The highest BCUT2D eigenvalue weighted by molar-refractivity contribution is 5.78. The maximum Gasteiger partial charge on any atom is 0.189 e. The molecule has 0 unspecified atom stereocenters. The van der Waals surface area contributed by atoms with E-state index in [1.165, 1.54) is 6.42 Å². The third kappa shape index (κ3) is 4.69. The van der Waals surface area contributed by atoms with Crippen LogP contribution in [-0.4, -0.2) is 30.9 Å². The van der Waals surface area contributed by atoms with Crippen LogP contribution in [0.25, 0.3) is 10.9 Å². The van der Waals surface area contributed by atoms with Crippen LogP contribution < -0.4 is 10.7 Å². The van der Waals surface area contributed by atoms with E-state index in [9.17, 15) is 4.79 Å². The van der Waals surface area contributed by atoms with Gasteiger partial charge in [-0.25, -0.2) is 0 Å². The van der Waals surface area contributed by atoms with Gasteiger partial charge in [-0.05, 0) is 18.6 Å². The fraction of sp³-hybridized carbons (Fsp3) is 0.471. The van der Waals surface area contributed by atoms with Gasteiger partial charge in [0.1, 0.15) is 0 Å². The molecule has 0 radical (unpaired) electrons. The Bertz CT molecular complexity index is 607. The number of nitrogens with one attached hydrogen (secondary N) is 1. The van der Waals surface area contributed by atoms with Gasteiger partial charge in [0.2, 0.25) is 0 Å². The van der Waals surface area contributed by atoms with Gasteiger partial charge in [-0.15, -0.1) is 0 Å². The molecule has 1 aromatic heterocycles. The van der Waals surface area contributed by atoms with Crippen molar-refractivity contribution in [1.29, 1.82) is 0 Å². The largest absolute Gasteiger partial charge is 0.380 e. The molecule has 4 heteroatoms. The van der Waals surface area contributed by atoms with Crippen molar-refractivity contribution in [3.63, 3.8) is 0 Å². The second-order valence-electron chi connectivity index (χ2n) is 5.11. The van der Waals surface area contributed by atoms with Gasteiger partial charge in [-0.3, -0.25) is 4.79 Å². The van der Waals surface area contributed by atoms with Crippen LogP contribution in [0.2, 0.25) is 0 Å². The van der Waals surface area contributed by atoms with E-state index >= 15 is 0 Å². The predicted molar refractivity (Wildman–Crippen MR) is 86.8 cm³/mol. The predicted octanol–water partition coefficient (Wildman–Crippen LogP) is 2.41. The second kappa shape index (κ2) is 8.60. The van der Waals surface area contributed by atoms with Crippen LogP contribution in [0.4, 0.5) is 0 Å². The first-order valence-corrected chi connectivity index (χ1v) is 7.69. The van der Waals surface area contributed by atoms with E-state index in [0.29, 0.717) is 0 Å². The number of ether oxygens (including phenoxy) is 1. The Balaban J connectivity index is 1.79. The summed E-state index contributed by atoms with van der Waals surface area (Å²) in [5.41, 5.74) is 1.07. The fourth-order valence-corrected chi connectivity index (χ4v) is 2.27. The number of rotatable bonds is 9. The van der Waals surface area contributed by atoms with Crippen molar-refractivity contribution < 1.29 is 4.74 Å². The summed E-state index contributed by atoms with van der Waals surface area (Å²) in [6.07, 6.45) is 4.17. The molecule has 0 fully saturated rings. The van der Waals surface area contributed by atoms with E-state index < -0.39 is 0 Å². The fourth-order valence-electron chi connectivity index (χ4n) is 2.27. The van der Waals surface area contributed by atoms with Gasteiger partial charge in [0.25, 0.3) is 0 Å². The molecule has 1 N–H and O–H groups in total. The molecule has 2 rings (SSSR count). The van der Waals surface area contributed by atoms with Crippen molar-refractivity contribution in [2.75, 3.05) is 26.3 Å². The average molecular weight is 288 g/mol. The SMILES string of the molecule is CCCCOCCNCCn1ccc(=O)c2ccccc21. The number of aromatic nitrogens is 1. The van der Waals surface area contributed by atoms with Crippen molar-refractivity contribution in [3.05, 3.63) is 46.8 Å². The Morgan fingerprint density at radius 2 is 2.00 bits per heavy atom. The molecule has 114 valence electrons. The number of pyridine rings is 1. The summed E-state index contributed by atoms with van der Waals surface area (Å²) in [7, 11) is 0. The molecule has 2 aromatic rings. The lowest BCUT2D eigenvalue weighted by Crippen LogP contribution is -2.24. The molecular weight excluding hydrogens is 264 g/mol. The summed E-state index contributed by atoms with van der Waals surface area (Å²) >= 11 is 0.